The summed E-state index contributed by atoms with van der Waals surface area (Å²) in [7, 11) is 1.31. The molecule has 0 N–H and O–H groups in total. The molecule has 2 aromatic heterocycles. The van der Waals surface area contributed by atoms with Gasteiger partial charge in [0, 0.05) is 5.39 Å². The zero-order chi connectivity index (χ0) is 14.8. The van der Waals surface area contributed by atoms with Crippen LogP contribution in [-0.4, -0.2) is 28.0 Å². The van der Waals surface area contributed by atoms with E-state index in [-0.39, 0.29) is 5.15 Å². The predicted octanol–water partition coefficient (Wildman–Crippen LogP) is 3.68. The Kier molecular flexibility index (Phi) is 4.05. The summed E-state index contributed by atoms with van der Waals surface area (Å²) >= 11 is 8.48. The fourth-order valence-electron chi connectivity index (χ4n) is 1.69. The fraction of sp³-hybridized carbons (Fsp3) is 0.0769. The minimum absolute atomic E-state index is 0.146. The molecule has 8 heteroatoms. The first-order chi connectivity index (χ1) is 10.2. The van der Waals surface area contributed by atoms with Crippen LogP contribution in [0.4, 0.5) is 0 Å². The van der Waals surface area contributed by atoms with E-state index in [0.717, 1.165) is 15.9 Å². The van der Waals surface area contributed by atoms with E-state index in [4.69, 9.17) is 11.6 Å². The van der Waals surface area contributed by atoms with E-state index in [2.05, 4.69) is 19.7 Å². The number of aromatic nitrogens is 3. The molecule has 5 nitrogen and oxygen atoms in total. The Hall–Kier alpha value is -1.70. The molecule has 0 saturated carbocycles. The molecule has 21 heavy (non-hydrogen) atoms. The fourth-order valence-corrected chi connectivity index (χ4v) is 4.01. The molecule has 106 valence electrons. The third-order valence-electron chi connectivity index (χ3n) is 2.63. The first kappa shape index (κ1) is 14.2. The van der Waals surface area contributed by atoms with E-state index >= 15 is 0 Å². The smallest absolute Gasteiger partial charge is 0.351 e. The highest BCUT2D eigenvalue weighted by molar-refractivity contribution is 8.01. The van der Waals surface area contributed by atoms with Gasteiger partial charge in [0.2, 0.25) is 0 Å². The zero-order valence-corrected chi connectivity index (χ0v) is 13.1. The van der Waals surface area contributed by atoms with Crippen molar-refractivity contribution in [1.82, 2.24) is 15.0 Å². The number of carbonyl (C=O) groups excluding carboxylic acids is 1. The van der Waals surface area contributed by atoms with Crippen LogP contribution in [-0.2, 0) is 4.74 Å². The van der Waals surface area contributed by atoms with Crippen LogP contribution in [0.2, 0.25) is 5.15 Å². The predicted molar refractivity (Wildman–Crippen MR) is 82.1 cm³/mol. The molecule has 1 aromatic carbocycles. The minimum Gasteiger partial charge on any atom is -0.465 e. The second-order valence-corrected chi connectivity index (χ2v) is 6.48. The van der Waals surface area contributed by atoms with Crippen molar-refractivity contribution in [3.63, 3.8) is 0 Å². The highest BCUT2D eigenvalue weighted by atomic mass is 35.5. The molecular weight excluding hydrogens is 330 g/mol. The van der Waals surface area contributed by atoms with Crippen LogP contribution in [0, 0.1) is 0 Å². The largest absolute Gasteiger partial charge is 0.465 e. The summed E-state index contributed by atoms with van der Waals surface area (Å²) in [5.74, 6) is -0.489. The van der Waals surface area contributed by atoms with Gasteiger partial charge < -0.3 is 4.74 Å². The van der Waals surface area contributed by atoms with Crippen LogP contribution in [0.15, 0.2) is 40.0 Å². The van der Waals surface area contributed by atoms with Gasteiger partial charge in [0.15, 0.2) is 14.4 Å². The lowest BCUT2D eigenvalue weighted by Gasteiger charge is -2.01. The Morgan fingerprint density at radius 1 is 1.33 bits per heavy atom. The van der Waals surface area contributed by atoms with Crippen molar-refractivity contribution in [2.24, 2.45) is 0 Å². The van der Waals surface area contributed by atoms with Gasteiger partial charge in [-0.25, -0.2) is 19.7 Å². The van der Waals surface area contributed by atoms with Crippen molar-refractivity contribution in [3.05, 3.63) is 40.6 Å². The first-order valence-electron chi connectivity index (χ1n) is 5.81. The van der Waals surface area contributed by atoms with Gasteiger partial charge in [-0.3, -0.25) is 0 Å². The molecule has 0 fully saturated rings. The molecule has 0 atom stereocenters. The van der Waals surface area contributed by atoms with Gasteiger partial charge in [-0.15, -0.1) is 0 Å². The topological polar surface area (TPSA) is 65.0 Å². The maximum Gasteiger partial charge on any atom is 0.351 e. The number of benzene rings is 1. The Morgan fingerprint density at radius 3 is 2.95 bits per heavy atom. The van der Waals surface area contributed by atoms with Crippen molar-refractivity contribution < 1.29 is 9.53 Å². The molecule has 0 aliphatic carbocycles. The number of methoxy groups -OCH3 is 1. The van der Waals surface area contributed by atoms with E-state index in [1.165, 1.54) is 36.5 Å². The molecule has 0 unspecified atom stereocenters. The average molecular weight is 338 g/mol. The summed E-state index contributed by atoms with van der Waals surface area (Å²) in [4.78, 5) is 24.5. The number of carbonyl (C=O) groups is 1. The molecule has 0 saturated heterocycles. The van der Waals surface area contributed by atoms with Crippen LogP contribution < -0.4 is 0 Å². The lowest BCUT2D eigenvalue weighted by molar-refractivity contribution is 0.0606. The molecule has 3 aromatic rings. The normalized spacial score (nSPS) is 10.8. The van der Waals surface area contributed by atoms with Gasteiger partial charge in [-0.2, -0.15) is 0 Å². The number of fused-ring (bicyclic) bond motifs is 1. The van der Waals surface area contributed by atoms with Crippen molar-refractivity contribution in [2.75, 3.05) is 7.11 Å². The standard InChI is InChI=1S/C13H8ClN3O2S2/c1-19-12(18)9-10(14)17-13(20-9)21-11-7-4-2-3-5-8(7)15-6-16-11/h2-6H,1H3. The summed E-state index contributed by atoms with van der Waals surface area (Å²) in [6.45, 7) is 0. The third-order valence-corrected chi connectivity index (χ3v) is 5.13. The van der Waals surface area contributed by atoms with Gasteiger partial charge in [0.05, 0.1) is 12.6 Å². The number of hydrogen-bond acceptors (Lipinski definition) is 7. The van der Waals surface area contributed by atoms with E-state index in [1.807, 2.05) is 24.3 Å². The number of hydrogen-bond donors (Lipinski definition) is 0. The van der Waals surface area contributed by atoms with Crippen LogP contribution >= 0.6 is 34.7 Å². The molecular formula is C13H8ClN3O2S2. The van der Waals surface area contributed by atoms with Gasteiger partial charge in [0.25, 0.3) is 0 Å². The Morgan fingerprint density at radius 2 is 2.14 bits per heavy atom. The number of ether oxygens (including phenoxy) is 1. The van der Waals surface area contributed by atoms with E-state index in [0.29, 0.717) is 9.22 Å². The Bertz CT molecular complexity index is 817. The maximum absolute atomic E-state index is 11.5. The number of halogens is 1. The van der Waals surface area contributed by atoms with Crippen molar-refractivity contribution in [1.29, 1.82) is 0 Å². The van der Waals surface area contributed by atoms with Crippen molar-refractivity contribution in [2.45, 2.75) is 9.37 Å². The molecule has 0 aliphatic heterocycles. The van der Waals surface area contributed by atoms with Crippen LogP contribution in [0.1, 0.15) is 9.67 Å². The number of nitrogens with zero attached hydrogens (tertiary/aromatic N) is 3. The summed E-state index contributed by atoms with van der Waals surface area (Å²) in [5, 5.41) is 1.84. The maximum atomic E-state index is 11.5. The SMILES string of the molecule is COC(=O)c1sc(Sc2ncnc3ccccc23)nc1Cl. The second kappa shape index (κ2) is 5.97. The molecule has 0 spiro atoms. The lowest BCUT2D eigenvalue weighted by Crippen LogP contribution is -1.98. The van der Waals surface area contributed by atoms with Gasteiger partial charge in [0.1, 0.15) is 11.4 Å². The number of rotatable bonds is 3. The number of esters is 1. The molecule has 3 rings (SSSR count). The molecule has 2 heterocycles. The monoisotopic (exact) mass is 337 g/mol. The first-order valence-corrected chi connectivity index (χ1v) is 7.82. The van der Waals surface area contributed by atoms with Crippen LogP contribution in [0.3, 0.4) is 0 Å². The van der Waals surface area contributed by atoms with Gasteiger partial charge in [-0.1, -0.05) is 41.1 Å². The van der Waals surface area contributed by atoms with E-state index < -0.39 is 5.97 Å². The summed E-state index contributed by atoms with van der Waals surface area (Å²) < 4.78 is 5.29. The van der Waals surface area contributed by atoms with E-state index in [1.54, 1.807) is 0 Å². The van der Waals surface area contributed by atoms with Crippen molar-refractivity contribution >= 4 is 51.6 Å². The number of para-hydroxylation sites is 1. The summed E-state index contributed by atoms with van der Waals surface area (Å²) in [6, 6.07) is 7.69. The molecule has 0 bridgehead atoms. The zero-order valence-electron chi connectivity index (χ0n) is 10.7. The molecule has 0 amide bonds. The third kappa shape index (κ3) is 2.85. The van der Waals surface area contributed by atoms with Crippen molar-refractivity contribution in [3.8, 4) is 0 Å². The lowest BCUT2D eigenvalue weighted by atomic mass is 10.2. The van der Waals surface area contributed by atoms with Gasteiger partial charge >= 0.3 is 5.97 Å². The second-order valence-electron chi connectivity index (χ2n) is 3.89. The average Bonchev–Trinajstić information content (AvgIpc) is 2.87. The van der Waals surface area contributed by atoms with Crippen LogP contribution in [0.5, 0.6) is 0 Å². The summed E-state index contributed by atoms with van der Waals surface area (Å²) in [6.07, 6.45) is 1.50. The number of thiazole rings is 1. The molecule has 0 radical (unpaired) electrons. The van der Waals surface area contributed by atoms with Crippen LogP contribution in [0.25, 0.3) is 10.9 Å². The highest BCUT2D eigenvalue weighted by Crippen LogP contribution is 2.36. The quantitative estimate of drug-likeness (QED) is 0.536. The Labute approximate surface area is 133 Å². The van der Waals surface area contributed by atoms with E-state index in [9.17, 15) is 4.79 Å². The molecule has 0 aliphatic rings. The van der Waals surface area contributed by atoms with Gasteiger partial charge in [-0.05, 0) is 17.8 Å². The highest BCUT2D eigenvalue weighted by Gasteiger charge is 2.18. The summed E-state index contributed by atoms with van der Waals surface area (Å²) in [5.41, 5.74) is 0.853. The Balaban J connectivity index is 1.98. The minimum atomic E-state index is -0.489.